The standard InChI is InChI=1S/4BrH.2ClH.2Mo/h6*1H;;. The van der Waals surface area contributed by atoms with Crippen molar-refractivity contribution in [2.45, 2.75) is 0 Å². The summed E-state index contributed by atoms with van der Waals surface area (Å²) in [5.74, 6) is 0. The molecule has 0 aromatic rings. The molecule has 0 aliphatic heterocycles. The van der Waals surface area contributed by atoms with Crippen LogP contribution in [0.25, 0.3) is 0 Å². The van der Waals surface area contributed by atoms with E-state index < -0.39 is 0 Å². The van der Waals surface area contributed by atoms with E-state index in [0.717, 1.165) is 0 Å². The molecule has 60 valence electrons. The summed E-state index contributed by atoms with van der Waals surface area (Å²) in [6.07, 6.45) is 0. The van der Waals surface area contributed by atoms with E-state index >= 15 is 0 Å². The Morgan fingerprint density at radius 2 is 0.375 bits per heavy atom. The van der Waals surface area contributed by atoms with Gasteiger partial charge in [0.15, 0.2) is 0 Å². The van der Waals surface area contributed by atoms with E-state index in [-0.39, 0.29) is 135 Å². The quantitative estimate of drug-likeness (QED) is 0.382. The van der Waals surface area contributed by atoms with Crippen LogP contribution in [-0.2, 0) is 42.1 Å². The Balaban J connectivity index is 0. The van der Waals surface area contributed by atoms with Crippen LogP contribution in [-0.4, -0.2) is 0 Å². The van der Waals surface area contributed by atoms with Crippen molar-refractivity contribution in [2.24, 2.45) is 0 Å². The molecule has 0 atom stereocenters. The minimum absolute atomic E-state index is 0. The largest absolute Gasteiger partial charge is 0.147 e. The third-order valence-electron chi connectivity index (χ3n) is 0. The summed E-state index contributed by atoms with van der Waals surface area (Å²) in [5.41, 5.74) is 0. The molecule has 0 bridgehead atoms. The van der Waals surface area contributed by atoms with Crippen LogP contribution < -0.4 is 0 Å². The van der Waals surface area contributed by atoms with Gasteiger partial charge in [0.2, 0.25) is 0 Å². The van der Waals surface area contributed by atoms with E-state index in [0.29, 0.717) is 0 Å². The summed E-state index contributed by atoms with van der Waals surface area (Å²) in [5, 5.41) is 0. The van der Waals surface area contributed by atoms with Crippen molar-refractivity contribution in [3.63, 3.8) is 0 Å². The molecule has 0 saturated heterocycles. The third kappa shape index (κ3) is 51.8. The molecule has 0 fully saturated rings. The Hall–Kier alpha value is 3.88. The molecule has 0 unspecified atom stereocenters. The molecular formula is H6Br4Cl2Mo2. The van der Waals surface area contributed by atoms with Crippen molar-refractivity contribution in [1.29, 1.82) is 0 Å². The minimum Gasteiger partial charge on any atom is -0.147 e. The summed E-state index contributed by atoms with van der Waals surface area (Å²) < 4.78 is 0. The second-order valence-electron chi connectivity index (χ2n) is 0. The number of halogens is 6. The second kappa shape index (κ2) is 70.6. The molecule has 0 aromatic heterocycles. The van der Waals surface area contributed by atoms with Crippen LogP contribution in [0.1, 0.15) is 0 Å². The van der Waals surface area contributed by atoms with Gasteiger partial charge in [-0.1, -0.05) is 0 Å². The van der Waals surface area contributed by atoms with Crippen LogP contribution >= 0.6 is 92.7 Å². The number of hydrogen-bond donors (Lipinski definition) is 0. The van der Waals surface area contributed by atoms with E-state index in [1.165, 1.54) is 0 Å². The number of hydrogen-bond acceptors (Lipinski definition) is 0. The maximum atomic E-state index is 0. The smallest absolute Gasteiger partial charge is 0 e. The molecule has 0 rings (SSSR count). The van der Waals surface area contributed by atoms with Gasteiger partial charge in [0.25, 0.3) is 0 Å². The third-order valence-corrected chi connectivity index (χ3v) is 0. The Morgan fingerprint density at radius 1 is 0.375 bits per heavy atom. The van der Waals surface area contributed by atoms with E-state index in [4.69, 9.17) is 0 Å². The van der Waals surface area contributed by atoms with Crippen LogP contribution in [0.4, 0.5) is 0 Å². The summed E-state index contributed by atoms with van der Waals surface area (Å²) in [6, 6.07) is 0. The van der Waals surface area contributed by atoms with Gasteiger partial charge in [-0.3, -0.25) is 0 Å². The fourth-order valence-corrected chi connectivity index (χ4v) is 0. The van der Waals surface area contributed by atoms with Crippen molar-refractivity contribution in [3.05, 3.63) is 0 Å². The molecule has 0 spiro atoms. The molecule has 8 heavy (non-hydrogen) atoms. The first-order chi connectivity index (χ1) is 0. The average Bonchev–Trinajstić information content (AvgIpc) is 0. The topological polar surface area (TPSA) is 0 Å². The second-order valence-corrected chi connectivity index (χ2v) is 0. The fraction of sp³-hybridized carbons (Fsp3) is 0. The Bertz CT molecular complexity index is 12.0. The van der Waals surface area contributed by atoms with E-state index in [2.05, 4.69) is 0 Å². The zero-order valence-corrected chi connectivity index (χ0v) is 15.8. The normalized spacial score (nSPS) is 0. The zero-order chi connectivity index (χ0) is 0. The Labute approximate surface area is 133 Å². The van der Waals surface area contributed by atoms with Crippen molar-refractivity contribution in [2.75, 3.05) is 0 Å². The molecular weight excluding hydrogens is 582 g/mol. The van der Waals surface area contributed by atoms with Crippen LogP contribution in [0.15, 0.2) is 0 Å². The molecule has 8 heteroatoms. The van der Waals surface area contributed by atoms with Crippen LogP contribution in [0.3, 0.4) is 0 Å². The summed E-state index contributed by atoms with van der Waals surface area (Å²) in [6.45, 7) is 0. The van der Waals surface area contributed by atoms with Gasteiger partial charge in [0.05, 0.1) is 0 Å². The minimum atomic E-state index is 0. The van der Waals surface area contributed by atoms with Crippen molar-refractivity contribution >= 4 is 92.7 Å². The first-order valence-corrected chi connectivity index (χ1v) is 0. The van der Waals surface area contributed by atoms with Crippen LogP contribution in [0, 0.1) is 0 Å². The molecule has 0 aliphatic rings. The van der Waals surface area contributed by atoms with Gasteiger partial charge in [-0.15, -0.1) is 92.7 Å². The Morgan fingerprint density at radius 3 is 0.375 bits per heavy atom. The summed E-state index contributed by atoms with van der Waals surface area (Å²) in [7, 11) is 0. The predicted molar refractivity (Wildman–Crippen MR) is 55.8 cm³/mol. The first kappa shape index (κ1) is 93.5. The monoisotopic (exact) mass is 587 g/mol. The van der Waals surface area contributed by atoms with E-state index in [1.807, 2.05) is 0 Å². The molecule has 0 radical (unpaired) electrons. The molecule has 0 aliphatic carbocycles. The van der Waals surface area contributed by atoms with Gasteiger partial charge in [-0.25, -0.2) is 0 Å². The fourth-order valence-electron chi connectivity index (χ4n) is 0. The van der Waals surface area contributed by atoms with E-state index in [9.17, 15) is 0 Å². The predicted octanol–water partition coefficient (Wildman–Crippen LogP) is 3.15. The maximum absolute atomic E-state index is 0. The molecule has 0 N–H and O–H groups in total. The Kier molecular flexibility index (Phi) is 825. The van der Waals surface area contributed by atoms with Gasteiger partial charge < -0.3 is 0 Å². The van der Waals surface area contributed by atoms with Gasteiger partial charge >= 0.3 is 0 Å². The van der Waals surface area contributed by atoms with Crippen molar-refractivity contribution < 1.29 is 42.1 Å². The first-order valence-electron chi connectivity index (χ1n) is 0. The van der Waals surface area contributed by atoms with Gasteiger partial charge in [0.1, 0.15) is 0 Å². The van der Waals surface area contributed by atoms with Gasteiger partial charge in [0, 0.05) is 42.1 Å². The molecule has 0 heterocycles. The zero-order valence-electron chi connectivity index (χ0n) is 3.27. The van der Waals surface area contributed by atoms with E-state index in [1.54, 1.807) is 0 Å². The molecule has 0 aromatic carbocycles. The molecule has 0 amide bonds. The summed E-state index contributed by atoms with van der Waals surface area (Å²) in [4.78, 5) is 0. The van der Waals surface area contributed by atoms with Gasteiger partial charge in [-0.2, -0.15) is 0 Å². The number of rotatable bonds is 0. The van der Waals surface area contributed by atoms with Crippen LogP contribution in [0.2, 0.25) is 0 Å². The maximum Gasteiger partial charge on any atom is 0 e. The molecule has 0 saturated carbocycles. The molecule has 0 nitrogen and oxygen atoms in total. The van der Waals surface area contributed by atoms with Crippen molar-refractivity contribution in [1.82, 2.24) is 0 Å². The van der Waals surface area contributed by atoms with Crippen LogP contribution in [0.5, 0.6) is 0 Å². The van der Waals surface area contributed by atoms with Gasteiger partial charge in [-0.05, 0) is 0 Å². The average molecular weight is 588 g/mol. The SMILES string of the molecule is Br.Br.Br.Br.Cl.Cl.[Mo].[Mo]. The summed E-state index contributed by atoms with van der Waals surface area (Å²) >= 11 is 0. The van der Waals surface area contributed by atoms with Crippen molar-refractivity contribution in [3.8, 4) is 0 Å².